The van der Waals surface area contributed by atoms with E-state index in [1.165, 1.54) is 0 Å². The van der Waals surface area contributed by atoms with Crippen LogP contribution in [0, 0.1) is 11.8 Å². The fourth-order valence-electron chi connectivity index (χ4n) is 1.35. The molecule has 0 saturated carbocycles. The first-order valence-electron chi connectivity index (χ1n) is 5.07. The van der Waals surface area contributed by atoms with Gasteiger partial charge in [-0.05, 0) is 24.5 Å². The van der Waals surface area contributed by atoms with E-state index in [2.05, 4.69) is 18.1 Å². The van der Waals surface area contributed by atoms with Crippen molar-refractivity contribution in [2.75, 3.05) is 20.0 Å². The van der Waals surface area contributed by atoms with Crippen LogP contribution in [0.25, 0.3) is 0 Å². The summed E-state index contributed by atoms with van der Waals surface area (Å²) in [5.74, 6) is 7.75. The van der Waals surface area contributed by atoms with Gasteiger partial charge in [-0.1, -0.05) is 11.8 Å². The maximum absolute atomic E-state index is 8.64. The standard InChI is InChI=1S/C13H16O2S/c1-15-13-7-6-11(5-3-4-8-14)9-12(13)10-16-2/h6-7,9,14H,4,8,10H2,1-2H3. The van der Waals surface area contributed by atoms with E-state index < -0.39 is 0 Å². The number of benzene rings is 1. The van der Waals surface area contributed by atoms with Gasteiger partial charge < -0.3 is 9.84 Å². The number of ether oxygens (including phenoxy) is 1. The van der Waals surface area contributed by atoms with E-state index in [1.807, 2.05) is 18.2 Å². The second-order valence-electron chi connectivity index (χ2n) is 3.24. The number of aliphatic hydroxyl groups excluding tert-OH is 1. The molecular formula is C13H16O2S. The fraction of sp³-hybridized carbons (Fsp3) is 0.385. The molecule has 0 aliphatic carbocycles. The Balaban J connectivity index is 2.89. The lowest BCUT2D eigenvalue weighted by Crippen LogP contribution is -1.91. The fourth-order valence-corrected chi connectivity index (χ4v) is 1.88. The van der Waals surface area contributed by atoms with Gasteiger partial charge in [0.25, 0.3) is 0 Å². The maximum Gasteiger partial charge on any atom is 0.122 e. The first-order valence-corrected chi connectivity index (χ1v) is 6.46. The Morgan fingerprint density at radius 1 is 1.44 bits per heavy atom. The van der Waals surface area contributed by atoms with E-state index in [4.69, 9.17) is 9.84 Å². The normalized spacial score (nSPS) is 9.44. The number of aliphatic hydroxyl groups is 1. The minimum Gasteiger partial charge on any atom is -0.496 e. The van der Waals surface area contributed by atoms with Gasteiger partial charge in [0.2, 0.25) is 0 Å². The third-order valence-electron chi connectivity index (χ3n) is 2.05. The molecule has 0 saturated heterocycles. The zero-order valence-corrected chi connectivity index (χ0v) is 10.4. The molecule has 0 bridgehead atoms. The lowest BCUT2D eigenvalue weighted by molar-refractivity contribution is 0.305. The van der Waals surface area contributed by atoms with Crippen LogP contribution in [0.1, 0.15) is 17.5 Å². The topological polar surface area (TPSA) is 29.5 Å². The first kappa shape index (κ1) is 13.0. The van der Waals surface area contributed by atoms with E-state index in [0.717, 1.165) is 22.6 Å². The van der Waals surface area contributed by atoms with Gasteiger partial charge in [0.15, 0.2) is 0 Å². The Hall–Kier alpha value is -1.11. The number of hydrogen-bond acceptors (Lipinski definition) is 3. The molecule has 0 aliphatic heterocycles. The van der Waals surface area contributed by atoms with Crippen LogP contribution in [-0.4, -0.2) is 25.1 Å². The average Bonchev–Trinajstić information content (AvgIpc) is 2.30. The van der Waals surface area contributed by atoms with E-state index in [1.54, 1.807) is 18.9 Å². The molecule has 16 heavy (non-hydrogen) atoms. The Labute approximate surface area is 101 Å². The van der Waals surface area contributed by atoms with Gasteiger partial charge in [0.05, 0.1) is 13.7 Å². The highest BCUT2D eigenvalue weighted by atomic mass is 32.2. The predicted molar refractivity (Wildman–Crippen MR) is 68.8 cm³/mol. The van der Waals surface area contributed by atoms with Gasteiger partial charge in [-0.25, -0.2) is 0 Å². The SMILES string of the molecule is COc1ccc(C#CCCO)cc1CSC. The largest absolute Gasteiger partial charge is 0.496 e. The molecule has 0 aliphatic rings. The number of rotatable bonds is 4. The molecule has 0 atom stereocenters. The molecule has 0 spiro atoms. The zero-order chi connectivity index (χ0) is 11.8. The van der Waals surface area contributed by atoms with Crippen molar-refractivity contribution < 1.29 is 9.84 Å². The summed E-state index contributed by atoms with van der Waals surface area (Å²) in [7, 11) is 1.68. The van der Waals surface area contributed by atoms with E-state index in [-0.39, 0.29) is 6.61 Å². The Kier molecular flexibility index (Phi) is 5.84. The number of thioether (sulfide) groups is 1. The van der Waals surface area contributed by atoms with Gasteiger partial charge in [-0.2, -0.15) is 11.8 Å². The molecule has 0 heterocycles. The summed E-state index contributed by atoms with van der Waals surface area (Å²) < 4.78 is 5.28. The number of hydrogen-bond donors (Lipinski definition) is 1. The predicted octanol–water partition coefficient (Wildman–Crippen LogP) is 2.29. The van der Waals surface area contributed by atoms with Crippen LogP contribution < -0.4 is 4.74 Å². The maximum atomic E-state index is 8.64. The van der Waals surface area contributed by atoms with Crippen molar-refractivity contribution in [3.63, 3.8) is 0 Å². The molecule has 2 nitrogen and oxygen atoms in total. The lowest BCUT2D eigenvalue weighted by atomic mass is 10.1. The van der Waals surface area contributed by atoms with Gasteiger partial charge in [0.1, 0.15) is 5.75 Å². The average molecular weight is 236 g/mol. The van der Waals surface area contributed by atoms with Crippen LogP contribution in [0.2, 0.25) is 0 Å². The highest BCUT2D eigenvalue weighted by Gasteiger charge is 2.02. The van der Waals surface area contributed by atoms with E-state index in [0.29, 0.717) is 6.42 Å². The molecule has 0 fully saturated rings. The summed E-state index contributed by atoms with van der Waals surface area (Å²) in [6.45, 7) is 0.112. The molecule has 0 radical (unpaired) electrons. The summed E-state index contributed by atoms with van der Waals surface area (Å²) in [6.07, 6.45) is 2.58. The molecule has 0 amide bonds. The smallest absolute Gasteiger partial charge is 0.122 e. The highest BCUT2D eigenvalue weighted by Crippen LogP contribution is 2.23. The molecule has 1 N–H and O–H groups in total. The minimum absolute atomic E-state index is 0.112. The second-order valence-corrected chi connectivity index (χ2v) is 4.10. The molecular weight excluding hydrogens is 220 g/mol. The molecule has 1 aromatic rings. The molecule has 1 aromatic carbocycles. The third kappa shape index (κ3) is 3.80. The zero-order valence-electron chi connectivity index (χ0n) is 9.62. The molecule has 3 heteroatoms. The first-order chi connectivity index (χ1) is 7.81. The lowest BCUT2D eigenvalue weighted by Gasteiger charge is -2.07. The van der Waals surface area contributed by atoms with Crippen LogP contribution in [0.15, 0.2) is 18.2 Å². The Morgan fingerprint density at radius 3 is 2.88 bits per heavy atom. The van der Waals surface area contributed by atoms with Crippen LogP contribution >= 0.6 is 11.8 Å². The Bertz CT molecular complexity index is 391. The van der Waals surface area contributed by atoms with Crippen molar-refractivity contribution in [3.8, 4) is 17.6 Å². The van der Waals surface area contributed by atoms with Crippen molar-refractivity contribution in [3.05, 3.63) is 29.3 Å². The van der Waals surface area contributed by atoms with Crippen molar-refractivity contribution in [1.82, 2.24) is 0 Å². The third-order valence-corrected chi connectivity index (χ3v) is 2.65. The molecule has 86 valence electrons. The van der Waals surface area contributed by atoms with Crippen molar-refractivity contribution in [2.45, 2.75) is 12.2 Å². The van der Waals surface area contributed by atoms with Crippen LogP contribution in [0.3, 0.4) is 0 Å². The summed E-state index contributed by atoms with van der Waals surface area (Å²) in [5, 5.41) is 8.64. The summed E-state index contributed by atoms with van der Waals surface area (Å²) >= 11 is 1.75. The second kappa shape index (κ2) is 7.21. The quantitative estimate of drug-likeness (QED) is 0.813. The summed E-state index contributed by atoms with van der Waals surface area (Å²) in [5.41, 5.74) is 2.13. The monoisotopic (exact) mass is 236 g/mol. The van der Waals surface area contributed by atoms with Gasteiger partial charge in [-0.15, -0.1) is 0 Å². The highest BCUT2D eigenvalue weighted by molar-refractivity contribution is 7.97. The van der Waals surface area contributed by atoms with Crippen molar-refractivity contribution >= 4 is 11.8 Å². The molecule has 1 rings (SSSR count). The van der Waals surface area contributed by atoms with Crippen molar-refractivity contribution in [2.24, 2.45) is 0 Å². The summed E-state index contributed by atoms with van der Waals surface area (Å²) in [6, 6.07) is 5.92. The number of methoxy groups -OCH3 is 1. The van der Waals surface area contributed by atoms with Gasteiger partial charge in [0, 0.05) is 23.3 Å². The molecule has 0 unspecified atom stereocenters. The van der Waals surface area contributed by atoms with Crippen molar-refractivity contribution in [1.29, 1.82) is 0 Å². The van der Waals surface area contributed by atoms with E-state index >= 15 is 0 Å². The van der Waals surface area contributed by atoms with Gasteiger partial charge in [-0.3, -0.25) is 0 Å². The van der Waals surface area contributed by atoms with Gasteiger partial charge >= 0.3 is 0 Å². The van der Waals surface area contributed by atoms with Crippen LogP contribution in [0.5, 0.6) is 5.75 Å². The minimum atomic E-state index is 0.112. The van der Waals surface area contributed by atoms with E-state index in [9.17, 15) is 0 Å². The summed E-state index contributed by atoms with van der Waals surface area (Å²) in [4.78, 5) is 0. The Morgan fingerprint density at radius 2 is 2.25 bits per heavy atom. The van der Waals surface area contributed by atoms with Crippen LogP contribution in [-0.2, 0) is 5.75 Å². The van der Waals surface area contributed by atoms with Crippen LogP contribution in [0.4, 0.5) is 0 Å². The molecule has 0 aromatic heterocycles.